The van der Waals surface area contributed by atoms with Crippen LogP contribution in [-0.4, -0.2) is 39.6 Å². The Morgan fingerprint density at radius 1 is 1.09 bits per heavy atom. The average Bonchev–Trinajstić information content (AvgIpc) is 3.10. The third-order valence-electron chi connectivity index (χ3n) is 5.51. The lowest BCUT2D eigenvalue weighted by atomic mass is 9.95. The molecule has 1 aromatic heterocycles. The summed E-state index contributed by atoms with van der Waals surface area (Å²) >= 11 is 1.40. The molecule has 33 heavy (non-hydrogen) atoms. The van der Waals surface area contributed by atoms with E-state index in [1.807, 2.05) is 53.1 Å². The van der Waals surface area contributed by atoms with Crippen LogP contribution in [0.1, 0.15) is 38.8 Å². The van der Waals surface area contributed by atoms with Crippen molar-refractivity contribution in [3.8, 4) is 22.9 Å². The van der Waals surface area contributed by atoms with Crippen LogP contribution in [0, 0.1) is 5.92 Å². The topological polar surface area (TPSA) is 78.3 Å². The normalized spacial score (nSPS) is 14.1. The molecule has 1 amide bonds. The largest absolute Gasteiger partial charge is 0.490 e. The van der Waals surface area contributed by atoms with E-state index in [4.69, 9.17) is 9.47 Å². The van der Waals surface area contributed by atoms with Crippen molar-refractivity contribution >= 4 is 17.7 Å². The van der Waals surface area contributed by atoms with Gasteiger partial charge in [0.15, 0.2) is 22.5 Å². The Hall–Kier alpha value is -3.00. The van der Waals surface area contributed by atoms with E-state index < -0.39 is 0 Å². The molecule has 3 aromatic rings. The van der Waals surface area contributed by atoms with E-state index >= 15 is 0 Å². The van der Waals surface area contributed by atoms with Crippen LogP contribution in [0.2, 0.25) is 0 Å². The molecule has 0 saturated heterocycles. The zero-order chi connectivity index (χ0) is 23.2. The van der Waals surface area contributed by atoms with Crippen molar-refractivity contribution in [1.82, 2.24) is 20.1 Å². The van der Waals surface area contributed by atoms with Crippen LogP contribution >= 0.6 is 11.8 Å². The Morgan fingerprint density at radius 3 is 2.58 bits per heavy atom. The first-order valence-electron chi connectivity index (χ1n) is 11.4. The van der Waals surface area contributed by atoms with Gasteiger partial charge in [0.25, 0.3) is 0 Å². The predicted molar refractivity (Wildman–Crippen MR) is 130 cm³/mol. The third-order valence-corrected chi connectivity index (χ3v) is 6.48. The number of amides is 1. The van der Waals surface area contributed by atoms with E-state index in [0.717, 1.165) is 46.6 Å². The van der Waals surface area contributed by atoms with E-state index in [1.54, 1.807) is 0 Å². The van der Waals surface area contributed by atoms with Crippen molar-refractivity contribution in [2.75, 3.05) is 19.0 Å². The summed E-state index contributed by atoms with van der Waals surface area (Å²) < 4.78 is 13.6. The van der Waals surface area contributed by atoms with Crippen LogP contribution in [-0.2, 0) is 11.3 Å². The molecule has 0 unspecified atom stereocenters. The van der Waals surface area contributed by atoms with Gasteiger partial charge in [0.05, 0.1) is 25.0 Å². The van der Waals surface area contributed by atoms with E-state index in [1.165, 1.54) is 11.8 Å². The van der Waals surface area contributed by atoms with Gasteiger partial charge in [-0.15, -0.1) is 10.2 Å². The second-order valence-corrected chi connectivity index (χ2v) is 9.19. The lowest BCUT2D eigenvalue weighted by Gasteiger charge is -2.24. The van der Waals surface area contributed by atoms with E-state index in [-0.39, 0.29) is 23.6 Å². The average molecular weight is 467 g/mol. The van der Waals surface area contributed by atoms with Gasteiger partial charge in [0.2, 0.25) is 5.91 Å². The fourth-order valence-corrected chi connectivity index (χ4v) is 4.65. The van der Waals surface area contributed by atoms with E-state index in [2.05, 4.69) is 36.3 Å². The van der Waals surface area contributed by atoms with Gasteiger partial charge in [-0.2, -0.15) is 0 Å². The summed E-state index contributed by atoms with van der Waals surface area (Å²) in [6.07, 6.45) is 0.861. The zero-order valence-corrected chi connectivity index (χ0v) is 20.1. The highest BCUT2D eigenvalue weighted by atomic mass is 32.2. The number of rotatable bonds is 8. The summed E-state index contributed by atoms with van der Waals surface area (Å²) in [5.41, 5.74) is 2.02. The molecule has 7 nitrogen and oxygen atoms in total. The first-order chi connectivity index (χ1) is 16.1. The molecule has 0 aliphatic carbocycles. The van der Waals surface area contributed by atoms with Crippen LogP contribution in [0.25, 0.3) is 11.4 Å². The molecule has 1 N–H and O–H groups in total. The lowest BCUT2D eigenvalue weighted by Crippen LogP contribution is -2.33. The predicted octanol–water partition coefficient (Wildman–Crippen LogP) is 4.73. The summed E-state index contributed by atoms with van der Waals surface area (Å²) in [4.78, 5) is 12.9. The smallest absolute Gasteiger partial charge is 0.230 e. The number of carbonyl (C=O) groups is 1. The quantitative estimate of drug-likeness (QED) is 0.484. The number of thioether (sulfide) groups is 1. The molecule has 2 aromatic carbocycles. The molecule has 1 atom stereocenters. The number of carbonyl (C=O) groups excluding carboxylic acids is 1. The minimum absolute atomic E-state index is 0.0438. The van der Waals surface area contributed by atoms with Gasteiger partial charge in [-0.05, 0) is 30.5 Å². The summed E-state index contributed by atoms with van der Waals surface area (Å²) in [6, 6.07) is 15.8. The molecule has 1 aliphatic rings. The minimum atomic E-state index is -0.126. The number of nitrogens with one attached hydrogen (secondary N) is 1. The third kappa shape index (κ3) is 5.50. The number of benzene rings is 2. The summed E-state index contributed by atoms with van der Waals surface area (Å²) in [6.45, 7) is 8.27. The highest BCUT2D eigenvalue weighted by Crippen LogP contribution is 2.34. The first-order valence-corrected chi connectivity index (χ1v) is 12.4. The highest BCUT2D eigenvalue weighted by molar-refractivity contribution is 7.99. The number of aromatic nitrogens is 3. The van der Waals surface area contributed by atoms with Gasteiger partial charge >= 0.3 is 0 Å². The maximum Gasteiger partial charge on any atom is 0.230 e. The van der Waals surface area contributed by atoms with Gasteiger partial charge in [0, 0.05) is 18.5 Å². The van der Waals surface area contributed by atoms with Gasteiger partial charge < -0.3 is 19.4 Å². The van der Waals surface area contributed by atoms with Crippen molar-refractivity contribution in [2.24, 2.45) is 5.92 Å². The fraction of sp³-hybridized carbons (Fsp3) is 0.400. The molecular weight excluding hydrogens is 436 g/mol. The maximum atomic E-state index is 12.9. The molecule has 0 spiro atoms. The molecule has 0 radical (unpaired) electrons. The summed E-state index contributed by atoms with van der Waals surface area (Å²) in [5.74, 6) is 2.75. The van der Waals surface area contributed by atoms with E-state index in [9.17, 15) is 4.79 Å². The van der Waals surface area contributed by atoms with Crippen LogP contribution in [0.5, 0.6) is 11.5 Å². The molecule has 0 fully saturated rings. The van der Waals surface area contributed by atoms with Crippen LogP contribution in [0.15, 0.2) is 53.7 Å². The minimum Gasteiger partial charge on any atom is -0.490 e. The first kappa shape index (κ1) is 23.2. The van der Waals surface area contributed by atoms with Crippen molar-refractivity contribution in [1.29, 1.82) is 0 Å². The van der Waals surface area contributed by atoms with E-state index in [0.29, 0.717) is 13.2 Å². The maximum absolute atomic E-state index is 12.9. The lowest BCUT2D eigenvalue weighted by molar-refractivity contribution is -0.119. The second-order valence-electron chi connectivity index (χ2n) is 8.25. The van der Waals surface area contributed by atoms with Gasteiger partial charge in [-0.3, -0.25) is 4.79 Å². The molecular formula is C25H30N4O3S. The van der Waals surface area contributed by atoms with Gasteiger partial charge in [-0.25, -0.2) is 0 Å². The van der Waals surface area contributed by atoms with Crippen molar-refractivity contribution in [2.45, 2.75) is 44.9 Å². The molecule has 2 heterocycles. The highest BCUT2D eigenvalue weighted by Gasteiger charge is 2.22. The Morgan fingerprint density at radius 2 is 1.85 bits per heavy atom. The SMILES string of the molecule is CCn1c(SCC(=O)N[C@@H](c2ccc3c(c2)OCCCO3)C(C)C)nnc1-c1ccccc1. The number of hydrogen-bond acceptors (Lipinski definition) is 6. The van der Waals surface area contributed by atoms with Crippen LogP contribution < -0.4 is 14.8 Å². The number of hydrogen-bond donors (Lipinski definition) is 1. The van der Waals surface area contributed by atoms with Crippen molar-refractivity contribution in [3.05, 3.63) is 54.1 Å². The fourth-order valence-electron chi connectivity index (χ4n) is 3.83. The molecule has 1 aliphatic heterocycles. The Bertz CT molecular complexity index is 1080. The van der Waals surface area contributed by atoms with Crippen molar-refractivity contribution in [3.63, 3.8) is 0 Å². The van der Waals surface area contributed by atoms with Crippen molar-refractivity contribution < 1.29 is 14.3 Å². The molecule has 8 heteroatoms. The summed E-state index contributed by atoms with van der Waals surface area (Å²) in [5, 5.41) is 12.6. The molecule has 174 valence electrons. The zero-order valence-electron chi connectivity index (χ0n) is 19.3. The molecule has 0 saturated carbocycles. The second kappa shape index (κ2) is 10.7. The summed E-state index contributed by atoms with van der Waals surface area (Å²) in [7, 11) is 0. The van der Waals surface area contributed by atoms with Crippen LogP contribution in [0.4, 0.5) is 0 Å². The molecule has 4 rings (SSSR count). The number of nitrogens with zero attached hydrogens (tertiary/aromatic N) is 3. The number of ether oxygens (including phenoxy) is 2. The Kier molecular flexibility index (Phi) is 7.54. The molecule has 0 bridgehead atoms. The number of fused-ring (bicyclic) bond motifs is 1. The standard InChI is InChI=1S/C25H30N4O3S/c1-4-29-24(18-9-6-5-7-10-18)27-28-25(29)33-16-22(30)26-23(17(2)3)19-11-12-20-21(15-19)32-14-8-13-31-20/h5-7,9-12,15,17,23H,4,8,13-14,16H2,1-3H3,(H,26,30)/t23-/m1/s1. The monoisotopic (exact) mass is 466 g/mol. The van der Waals surface area contributed by atoms with Crippen LogP contribution in [0.3, 0.4) is 0 Å². The Labute approximate surface area is 198 Å². The van der Waals surface area contributed by atoms with Gasteiger partial charge in [0.1, 0.15) is 0 Å². The van der Waals surface area contributed by atoms with Gasteiger partial charge in [-0.1, -0.05) is 62.0 Å². The Balaban J connectivity index is 1.43.